The molecule has 12 heavy (non-hydrogen) atoms. The summed E-state index contributed by atoms with van der Waals surface area (Å²) in [5.74, 6) is 0.745. The van der Waals surface area contributed by atoms with Crippen molar-refractivity contribution in [2.45, 2.75) is 18.9 Å². The Hall–Kier alpha value is -0.0800. The van der Waals surface area contributed by atoms with E-state index < -0.39 is 0 Å². The Morgan fingerprint density at radius 3 is 3.00 bits per heavy atom. The lowest BCUT2D eigenvalue weighted by Gasteiger charge is -2.18. The second kappa shape index (κ2) is 4.83. The first kappa shape index (κ1) is 10.0. The molecule has 1 saturated heterocycles. The van der Waals surface area contributed by atoms with Crippen molar-refractivity contribution in [2.75, 3.05) is 11.9 Å². The summed E-state index contributed by atoms with van der Waals surface area (Å²) in [5, 5.41) is 4.53. The molecule has 1 nitrogen and oxygen atoms in total. The molecule has 2 atom stereocenters. The highest BCUT2D eigenvalue weighted by atomic mass is 79.9. The minimum atomic E-state index is 0.472. The van der Waals surface area contributed by atoms with Gasteiger partial charge in [0.25, 0.3) is 0 Å². The average molecular weight is 230 g/mol. The van der Waals surface area contributed by atoms with Crippen molar-refractivity contribution >= 4 is 15.9 Å². The van der Waals surface area contributed by atoms with Crippen LogP contribution in [0.5, 0.6) is 0 Å². The third kappa shape index (κ3) is 2.20. The third-order valence-electron chi connectivity index (χ3n) is 2.49. The van der Waals surface area contributed by atoms with Gasteiger partial charge in [0.2, 0.25) is 0 Å². The van der Waals surface area contributed by atoms with Crippen molar-refractivity contribution in [1.82, 2.24) is 5.32 Å². The monoisotopic (exact) mass is 229 g/mol. The molecule has 1 rings (SSSR count). The molecule has 0 aliphatic carbocycles. The molecule has 0 spiro atoms. The molecule has 0 aromatic rings. The van der Waals surface area contributed by atoms with Crippen molar-refractivity contribution < 1.29 is 0 Å². The Bertz CT molecular complexity index is 177. The van der Waals surface area contributed by atoms with Crippen LogP contribution in [0.3, 0.4) is 0 Å². The number of rotatable bonds is 4. The first-order valence-electron chi connectivity index (χ1n) is 4.40. The standard InChI is InChI=1S/C10H16BrN/c1-3-8(2)10-9(4-6-11)5-7-12-10/h3,9-10,12H,1-2,4-7H2. The maximum atomic E-state index is 3.99. The van der Waals surface area contributed by atoms with E-state index in [1.54, 1.807) is 0 Å². The topological polar surface area (TPSA) is 12.0 Å². The SMILES string of the molecule is C=CC(=C)C1NCCC1CCBr. The van der Waals surface area contributed by atoms with E-state index in [2.05, 4.69) is 34.4 Å². The fraction of sp³-hybridized carbons (Fsp3) is 0.600. The van der Waals surface area contributed by atoms with Gasteiger partial charge < -0.3 is 5.32 Å². The van der Waals surface area contributed by atoms with Crippen LogP contribution >= 0.6 is 15.9 Å². The van der Waals surface area contributed by atoms with Crippen LogP contribution in [0, 0.1) is 5.92 Å². The molecule has 1 heterocycles. The highest BCUT2D eigenvalue weighted by molar-refractivity contribution is 9.09. The molecule has 0 bridgehead atoms. The van der Waals surface area contributed by atoms with Gasteiger partial charge in [0, 0.05) is 11.4 Å². The Kier molecular flexibility index (Phi) is 4.02. The number of hydrogen-bond acceptors (Lipinski definition) is 1. The van der Waals surface area contributed by atoms with Crippen molar-refractivity contribution in [3.63, 3.8) is 0 Å². The minimum Gasteiger partial charge on any atom is -0.310 e. The Labute approximate surface area is 83.1 Å². The van der Waals surface area contributed by atoms with E-state index in [0.29, 0.717) is 6.04 Å². The number of halogens is 1. The Morgan fingerprint density at radius 2 is 2.42 bits per heavy atom. The molecule has 2 heteroatoms. The minimum absolute atomic E-state index is 0.472. The van der Waals surface area contributed by atoms with Gasteiger partial charge in [-0.1, -0.05) is 35.2 Å². The predicted molar refractivity (Wildman–Crippen MR) is 57.6 cm³/mol. The van der Waals surface area contributed by atoms with Crippen LogP contribution in [0.1, 0.15) is 12.8 Å². The number of alkyl halides is 1. The lowest BCUT2D eigenvalue weighted by Crippen LogP contribution is -2.28. The fourth-order valence-corrected chi connectivity index (χ4v) is 2.36. The first-order chi connectivity index (χ1) is 5.79. The highest BCUT2D eigenvalue weighted by Gasteiger charge is 2.26. The van der Waals surface area contributed by atoms with Gasteiger partial charge in [0.1, 0.15) is 0 Å². The van der Waals surface area contributed by atoms with Crippen molar-refractivity contribution in [1.29, 1.82) is 0 Å². The van der Waals surface area contributed by atoms with Crippen molar-refractivity contribution in [3.8, 4) is 0 Å². The Morgan fingerprint density at radius 1 is 1.67 bits per heavy atom. The van der Waals surface area contributed by atoms with E-state index in [1.165, 1.54) is 12.8 Å². The predicted octanol–water partition coefficient (Wildman–Crippen LogP) is 2.49. The van der Waals surface area contributed by atoms with Crippen LogP contribution in [0.15, 0.2) is 24.8 Å². The lowest BCUT2D eigenvalue weighted by atomic mass is 9.93. The van der Waals surface area contributed by atoms with Gasteiger partial charge in [-0.25, -0.2) is 0 Å². The number of nitrogens with one attached hydrogen (secondary N) is 1. The van der Waals surface area contributed by atoms with E-state index >= 15 is 0 Å². The molecular formula is C10H16BrN. The molecule has 1 fully saturated rings. The maximum absolute atomic E-state index is 3.99. The van der Waals surface area contributed by atoms with Crippen LogP contribution in [0.25, 0.3) is 0 Å². The van der Waals surface area contributed by atoms with Gasteiger partial charge in [0.05, 0.1) is 0 Å². The van der Waals surface area contributed by atoms with Gasteiger partial charge in [-0.3, -0.25) is 0 Å². The summed E-state index contributed by atoms with van der Waals surface area (Å²) in [6.45, 7) is 8.86. The largest absolute Gasteiger partial charge is 0.310 e. The normalized spacial score (nSPS) is 28.8. The van der Waals surface area contributed by atoms with E-state index in [4.69, 9.17) is 0 Å². The molecule has 1 aliphatic rings. The third-order valence-corrected chi connectivity index (χ3v) is 2.95. The molecule has 0 radical (unpaired) electrons. The van der Waals surface area contributed by atoms with Gasteiger partial charge in [-0.15, -0.1) is 0 Å². The maximum Gasteiger partial charge on any atom is 0.0343 e. The molecule has 0 amide bonds. The van der Waals surface area contributed by atoms with Crippen LogP contribution in [0.4, 0.5) is 0 Å². The molecule has 0 aromatic heterocycles. The van der Waals surface area contributed by atoms with E-state index in [-0.39, 0.29) is 0 Å². The van der Waals surface area contributed by atoms with Crippen LogP contribution in [0.2, 0.25) is 0 Å². The van der Waals surface area contributed by atoms with E-state index in [9.17, 15) is 0 Å². The van der Waals surface area contributed by atoms with Crippen molar-refractivity contribution in [2.24, 2.45) is 5.92 Å². The molecule has 68 valence electrons. The molecule has 1 aliphatic heterocycles. The summed E-state index contributed by atoms with van der Waals surface area (Å²) in [6, 6.07) is 0.472. The molecule has 1 N–H and O–H groups in total. The average Bonchev–Trinajstić information content (AvgIpc) is 2.52. The quantitative estimate of drug-likeness (QED) is 0.578. The van der Waals surface area contributed by atoms with Gasteiger partial charge in [0.15, 0.2) is 0 Å². The van der Waals surface area contributed by atoms with Crippen LogP contribution < -0.4 is 5.32 Å². The second-order valence-corrected chi connectivity index (χ2v) is 4.03. The summed E-state index contributed by atoms with van der Waals surface area (Å²) in [7, 11) is 0. The van der Waals surface area contributed by atoms with Gasteiger partial charge in [-0.2, -0.15) is 0 Å². The zero-order valence-corrected chi connectivity index (χ0v) is 8.94. The smallest absolute Gasteiger partial charge is 0.0343 e. The van der Waals surface area contributed by atoms with E-state index in [1.807, 2.05) is 6.08 Å². The van der Waals surface area contributed by atoms with Crippen LogP contribution in [-0.2, 0) is 0 Å². The molecular weight excluding hydrogens is 214 g/mol. The summed E-state index contributed by atoms with van der Waals surface area (Å²) in [6.07, 6.45) is 4.36. The second-order valence-electron chi connectivity index (χ2n) is 3.24. The van der Waals surface area contributed by atoms with Crippen molar-refractivity contribution in [3.05, 3.63) is 24.8 Å². The highest BCUT2D eigenvalue weighted by Crippen LogP contribution is 2.24. The fourth-order valence-electron chi connectivity index (χ4n) is 1.77. The van der Waals surface area contributed by atoms with Gasteiger partial charge >= 0.3 is 0 Å². The summed E-state index contributed by atoms with van der Waals surface area (Å²) < 4.78 is 0. The number of hydrogen-bond donors (Lipinski definition) is 1. The first-order valence-corrected chi connectivity index (χ1v) is 5.52. The molecule has 0 saturated carbocycles. The summed E-state index contributed by atoms with van der Waals surface area (Å²) in [5.41, 5.74) is 1.14. The lowest BCUT2D eigenvalue weighted by molar-refractivity contribution is 0.490. The summed E-state index contributed by atoms with van der Waals surface area (Å²) in [4.78, 5) is 0. The Balaban J connectivity index is 2.51. The summed E-state index contributed by atoms with van der Waals surface area (Å²) >= 11 is 3.47. The van der Waals surface area contributed by atoms with Gasteiger partial charge in [-0.05, 0) is 30.9 Å². The van der Waals surface area contributed by atoms with E-state index in [0.717, 1.165) is 23.4 Å². The zero-order chi connectivity index (χ0) is 8.97. The zero-order valence-electron chi connectivity index (χ0n) is 7.35. The molecule has 2 unspecified atom stereocenters. The molecule has 0 aromatic carbocycles. The van der Waals surface area contributed by atoms with Crippen LogP contribution in [-0.4, -0.2) is 17.9 Å².